The van der Waals surface area contributed by atoms with Crippen molar-refractivity contribution >= 4 is 28.1 Å². The second-order valence-corrected chi connectivity index (χ2v) is 6.96. The monoisotopic (exact) mass is 363 g/mol. The number of rotatable bonds is 5. The van der Waals surface area contributed by atoms with Gasteiger partial charge in [0, 0.05) is 46.6 Å². The Morgan fingerprint density at radius 1 is 1.15 bits per heavy atom. The molecule has 0 radical (unpaired) electrons. The Bertz CT molecular complexity index is 1040. The maximum absolute atomic E-state index is 12.4. The van der Waals surface area contributed by atoms with Crippen LogP contribution in [0, 0.1) is 5.21 Å². The van der Waals surface area contributed by atoms with E-state index >= 15 is 0 Å². The number of hydrogen-bond donors (Lipinski definition) is 2. The molecule has 0 bridgehead atoms. The number of fused-ring (bicyclic) bond motifs is 1. The Hall–Kier alpha value is -3.12. The fourth-order valence-electron chi connectivity index (χ4n) is 3.13. The van der Waals surface area contributed by atoms with Crippen molar-refractivity contribution in [3.05, 3.63) is 93.7 Å². The van der Waals surface area contributed by atoms with E-state index in [4.69, 9.17) is 0 Å². The highest BCUT2D eigenvalue weighted by molar-refractivity contribution is 7.10. The molecule has 0 aliphatic carbocycles. The van der Waals surface area contributed by atoms with E-state index in [2.05, 4.69) is 22.4 Å². The van der Waals surface area contributed by atoms with Crippen molar-refractivity contribution in [2.24, 2.45) is 0 Å². The van der Waals surface area contributed by atoms with E-state index in [1.165, 1.54) is 12.3 Å². The van der Waals surface area contributed by atoms with Crippen molar-refractivity contribution in [2.75, 3.05) is 6.54 Å². The molecule has 3 aromatic heterocycles. The number of para-hydroxylation sites is 1. The highest BCUT2D eigenvalue weighted by atomic mass is 32.1. The van der Waals surface area contributed by atoms with Gasteiger partial charge >= 0.3 is 5.91 Å². The van der Waals surface area contributed by atoms with E-state index in [-0.39, 0.29) is 17.5 Å². The Balaban J connectivity index is 1.63. The number of hydrogen-bond acceptors (Lipinski definition) is 3. The lowest BCUT2D eigenvalue weighted by molar-refractivity contribution is -0.607. The maximum Gasteiger partial charge on any atom is 0.317 e. The van der Waals surface area contributed by atoms with Gasteiger partial charge in [0.2, 0.25) is 0 Å². The summed E-state index contributed by atoms with van der Waals surface area (Å²) < 4.78 is 0.584. The number of H-pyrrole nitrogens is 1. The third-order valence-electron chi connectivity index (χ3n) is 4.41. The highest BCUT2D eigenvalue weighted by Gasteiger charge is 2.22. The van der Waals surface area contributed by atoms with Crippen molar-refractivity contribution in [3.8, 4) is 0 Å². The largest absolute Gasteiger partial charge is 0.618 e. The van der Waals surface area contributed by atoms with E-state index in [9.17, 15) is 10.0 Å². The van der Waals surface area contributed by atoms with Crippen LogP contribution in [0.2, 0.25) is 0 Å². The number of benzene rings is 1. The number of carbonyl (C=O) groups excluding carboxylic acids is 1. The molecule has 26 heavy (non-hydrogen) atoms. The number of thiophene rings is 1. The van der Waals surface area contributed by atoms with Crippen LogP contribution in [-0.4, -0.2) is 17.4 Å². The molecular formula is C20H17N3O2S. The predicted octanol–water partition coefficient (Wildman–Crippen LogP) is 3.42. The smallest absolute Gasteiger partial charge is 0.317 e. The number of nitrogens with zero attached hydrogens (tertiary/aromatic N) is 1. The molecule has 1 aromatic carbocycles. The van der Waals surface area contributed by atoms with Gasteiger partial charge in [0.15, 0.2) is 6.20 Å². The third kappa shape index (κ3) is 3.07. The zero-order valence-corrected chi connectivity index (χ0v) is 14.7. The average Bonchev–Trinajstić information content (AvgIpc) is 3.33. The van der Waals surface area contributed by atoms with Gasteiger partial charge in [-0.15, -0.1) is 11.3 Å². The van der Waals surface area contributed by atoms with Crippen molar-refractivity contribution in [2.45, 2.75) is 5.92 Å². The topological polar surface area (TPSA) is 71.8 Å². The minimum Gasteiger partial charge on any atom is -0.618 e. The number of nitrogens with one attached hydrogen (secondary N) is 2. The van der Waals surface area contributed by atoms with E-state index in [0.717, 1.165) is 21.3 Å². The number of aromatic nitrogens is 2. The van der Waals surface area contributed by atoms with Gasteiger partial charge in [-0.3, -0.25) is 4.79 Å². The van der Waals surface area contributed by atoms with Crippen LogP contribution >= 0.6 is 11.3 Å². The minimum absolute atomic E-state index is 0.0129. The summed E-state index contributed by atoms with van der Waals surface area (Å²) in [5.74, 6) is -0.360. The first-order valence-corrected chi connectivity index (χ1v) is 9.18. The molecule has 2 N–H and O–H groups in total. The van der Waals surface area contributed by atoms with Gasteiger partial charge in [-0.2, -0.15) is 4.73 Å². The number of pyridine rings is 1. The van der Waals surface area contributed by atoms with Gasteiger partial charge in [0.25, 0.3) is 5.69 Å². The molecule has 0 spiro atoms. The summed E-state index contributed by atoms with van der Waals surface area (Å²) in [6.07, 6.45) is 3.32. The lowest BCUT2D eigenvalue weighted by Gasteiger charge is -2.16. The van der Waals surface area contributed by atoms with Gasteiger partial charge in [0.1, 0.15) is 0 Å². The molecule has 4 aromatic rings. The van der Waals surface area contributed by atoms with Gasteiger partial charge in [0.05, 0.1) is 0 Å². The first-order valence-electron chi connectivity index (χ1n) is 8.30. The molecule has 130 valence electrons. The molecule has 1 atom stereocenters. The van der Waals surface area contributed by atoms with Crippen LogP contribution in [-0.2, 0) is 0 Å². The average molecular weight is 363 g/mol. The quantitative estimate of drug-likeness (QED) is 0.421. The van der Waals surface area contributed by atoms with Crippen molar-refractivity contribution in [3.63, 3.8) is 0 Å². The molecule has 5 nitrogen and oxygen atoms in total. The zero-order valence-electron chi connectivity index (χ0n) is 13.9. The minimum atomic E-state index is -0.373. The number of amides is 1. The Kier molecular flexibility index (Phi) is 4.41. The molecule has 0 aliphatic rings. The standard InChI is InChI=1S/C20H17N3O2S/c24-20(18-8-3-4-10-23(18)25)22-13-16(19-9-5-11-26-19)15-12-21-17-7-2-1-6-14(15)17/h1-12,16,21H,13H2,(H,22,24)/t16-/m1/s1. The van der Waals surface area contributed by atoms with Gasteiger partial charge in [-0.1, -0.05) is 24.3 Å². The molecule has 4 rings (SSSR count). The van der Waals surface area contributed by atoms with Gasteiger partial charge in [-0.25, -0.2) is 0 Å². The maximum atomic E-state index is 12.4. The van der Waals surface area contributed by atoms with Crippen LogP contribution in [0.5, 0.6) is 0 Å². The molecule has 0 saturated carbocycles. The summed E-state index contributed by atoms with van der Waals surface area (Å²) in [4.78, 5) is 16.9. The van der Waals surface area contributed by atoms with Crippen molar-refractivity contribution in [1.82, 2.24) is 10.3 Å². The highest BCUT2D eigenvalue weighted by Crippen LogP contribution is 2.32. The molecule has 0 aliphatic heterocycles. The van der Waals surface area contributed by atoms with E-state index < -0.39 is 0 Å². The van der Waals surface area contributed by atoms with Crippen molar-refractivity contribution < 1.29 is 9.52 Å². The Labute approximate surface area is 154 Å². The summed E-state index contributed by atoms with van der Waals surface area (Å²) in [5.41, 5.74) is 2.29. The van der Waals surface area contributed by atoms with E-state index in [0.29, 0.717) is 11.3 Å². The number of carbonyl (C=O) groups is 1. The first kappa shape index (κ1) is 16.4. The Morgan fingerprint density at radius 2 is 2.00 bits per heavy atom. The summed E-state index contributed by atoms with van der Waals surface area (Å²) in [5, 5.41) is 17.9. The summed E-state index contributed by atoms with van der Waals surface area (Å²) in [6, 6.07) is 17.0. The second-order valence-electron chi connectivity index (χ2n) is 5.98. The fraction of sp³-hybridized carbons (Fsp3) is 0.100. The summed E-state index contributed by atoms with van der Waals surface area (Å²) >= 11 is 1.66. The van der Waals surface area contributed by atoms with Crippen LogP contribution in [0.25, 0.3) is 10.9 Å². The Morgan fingerprint density at radius 3 is 2.81 bits per heavy atom. The number of aromatic amines is 1. The molecular weight excluding hydrogens is 346 g/mol. The molecule has 6 heteroatoms. The third-order valence-corrected chi connectivity index (χ3v) is 5.39. The van der Waals surface area contributed by atoms with Gasteiger partial charge in [-0.05, 0) is 29.1 Å². The molecule has 0 fully saturated rings. The molecule has 1 amide bonds. The normalized spacial score (nSPS) is 12.2. The van der Waals surface area contributed by atoms with Crippen LogP contribution < -0.4 is 10.0 Å². The van der Waals surface area contributed by atoms with Crippen LogP contribution in [0.1, 0.15) is 26.8 Å². The van der Waals surface area contributed by atoms with Crippen LogP contribution in [0.3, 0.4) is 0 Å². The molecule has 3 heterocycles. The molecule has 0 saturated heterocycles. The van der Waals surface area contributed by atoms with E-state index in [1.807, 2.05) is 35.8 Å². The first-order chi connectivity index (χ1) is 12.7. The lowest BCUT2D eigenvalue weighted by atomic mass is 9.96. The fourth-order valence-corrected chi connectivity index (χ4v) is 3.97. The molecule has 0 unspecified atom stereocenters. The second kappa shape index (κ2) is 7.01. The van der Waals surface area contributed by atoms with Crippen LogP contribution in [0.4, 0.5) is 0 Å². The predicted molar refractivity (Wildman–Crippen MR) is 102 cm³/mol. The van der Waals surface area contributed by atoms with E-state index in [1.54, 1.807) is 23.5 Å². The zero-order chi connectivity index (χ0) is 17.9. The van der Waals surface area contributed by atoms with Crippen LogP contribution in [0.15, 0.2) is 72.4 Å². The summed E-state index contributed by atoms with van der Waals surface area (Å²) in [6.45, 7) is 0.413. The summed E-state index contributed by atoms with van der Waals surface area (Å²) in [7, 11) is 0. The lowest BCUT2D eigenvalue weighted by Crippen LogP contribution is -2.40. The van der Waals surface area contributed by atoms with Crippen molar-refractivity contribution in [1.29, 1.82) is 0 Å². The SMILES string of the molecule is O=C(NC[C@@H](c1cccs1)c1c[nH]c2ccccc12)c1cccc[n+]1[O-]. The van der Waals surface area contributed by atoms with Gasteiger partial charge < -0.3 is 15.5 Å².